The molecule has 4 heterocycles. The topological polar surface area (TPSA) is 114 Å². The molecule has 3 aromatic rings. The normalized spacial score (nSPS) is 19.4. The summed E-state index contributed by atoms with van der Waals surface area (Å²) < 4.78 is 23.3. The van der Waals surface area contributed by atoms with E-state index in [0.29, 0.717) is 25.0 Å². The number of sulfone groups is 1. The number of aliphatic hydroxyl groups excluding tert-OH is 1. The summed E-state index contributed by atoms with van der Waals surface area (Å²) in [6.45, 7) is 3.02. The Labute approximate surface area is 187 Å². The van der Waals surface area contributed by atoms with Gasteiger partial charge >= 0.3 is 0 Å². The van der Waals surface area contributed by atoms with Gasteiger partial charge in [-0.25, -0.2) is 8.42 Å². The van der Waals surface area contributed by atoms with Gasteiger partial charge in [0, 0.05) is 50.4 Å². The van der Waals surface area contributed by atoms with Crippen molar-refractivity contribution < 1.29 is 13.5 Å². The lowest BCUT2D eigenvalue weighted by molar-refractivity contribution is 0.203. The molecule has 2 aliphatic heterocycles. The summed E-state index contributed by atoms with van der Waals surface area (Å²) in [6.07, 6.45) is 3.78. The maximum Gasteiger partial charge on any atom is 0.231 e. The SMILES string of the molecule is O=S1(=O)CCN(c2ccc(Nc3nc(N4CCC(CO)CC4)c4cc[nH]c4n3)cc2)CC1. The Morgan fingerprint density at radius 3 is 2.41 bits per heavy atom. The molecule has 32 heavy (non-hydrogen) atoms. The van der Waals surface area contributed by atoms with Crippen LogP contribution in [0.2, 0.25) is 0 Å². The minimum atomic E-state index is -2.89. The number of piperidine rings is 1. The molecule has 2 fully saturated rings. The molecule has 3 N–H and O–H groups in total. The zero-order valence-electron chi connectivity index (χ0n) is 17.9. The number of aromatic nitrogens is 3. The van der Waals surface area contributed by atoms with Crippen LogP contribution in [-0.4, -0.2) is 72.8 Å². The number of aromatic amines is 1. The predicted octanol–water partition coefficient (Wildman–Crippen LogP) is 2.14. The van der Waals surface area contributed by atoms with Crippen LogP contribution in [0.3, 0.4) is 0 Å². The molecule has 9 nitrogen and oxygen atoms in total. The van der Waals surface area contributed by atoms with E-state index < -0.39 is 9.84 Å². The first kappa shape index (κ1) is 21.0. The summed E-state index contributed by atoms with van der Waals surface area (Å²) in [5, 5.41) is 13.7. The van der Waals surface area contributed by atoms with Gasteiger partial charge in [0.2, 0.25) is 5.95 Å². The van der Waals surface area contributed by atoms with Crippen molar-refractivity contribution in [2.75, 3.05) is 59.4 Å². The van der Waals surface area contributed by atoms with Gasteiger partial charge in [0.05, 0.1) is 16.9 Å². The third-order valence-electron chi connectivity index (χ3n) is 6.40. The Kier molecular flexibility index (Phi) is 5.64. The van der Waals surface area contributed by atoms with Crippen LogP contribution in [0.15, 0.2) is 36.5 Å². The van der Waals surface area contributed by atoms with Crippen molar-refractivity contribution in [2.45, 2.75) is 12.8 Å². The second kappa shape index (κ2) is 8.59. The van der Waals surface area contributed by atoms with Crippen LogP contribution in [0.5, 0.6) is 0 Å². The van der Waals surface area contributed by atoms with Gasteiger partial charge in [0.1, 0.15) is 11.5 Å². The molecular formula is C22H28N6O3S. The van der Waals surface area contributed by atoms with Gasteiger partial charge in [-0.3, -0.25) is 0 Å². The number of hydrogen-bond donors (Lipinski definition) is 3. The molecule has 0 aliphatic carbocycles. The minimum Gasteiger partial charge on any atom is -0.396 e. The standard InChI is InChI=1S/C22H28N6O3S/c29-15-16-6-9-28(10-7-16)21-19-5-8-23-20(19)25-22(26-21)24-17-1-3-18(4-2-17)27-11-13-32(30,31)14-12-27/h1-5,8,16,29H,6-7,9-15H2,(H2,23,24,25,26). The number of nitrogens with one attached hydrogen (secondary N) is 2. The number of fused-ring (bicyclic) bond motifs is 1. The van der Waals surface area contributed by atoms with Gasteiger partial charge in [-0.05, 0) is 49.1 Å². The van der Waals surface area contributed by atoms with Crippen molar-refractivity contribution in [2.24, 2.45) is 5.92 Å². The fourth-order valence-corrected chi connectivity index (χ4v) is 5.61. The quantitative estimate of drug-likeness (QED) is 0.535. The van der Waals surface area contributed by atoms with E-state index in [1.54, 1.807) is 0 Å². The number of hydrogen-bond acceptors (Lipinski definition) is 8. The molecule has 0 amide bonds. The van der Waals surface area contributed by atoms with Crippen LogP contribution in [0, 0.1) is 5.92 Å². The molecule has 2 aliphatic rings. The number of anilines is 4. The van der Waals surface area contributed by atoms with Gasteiger partial charge in [-0.1, -0.05) is 0 Å². The summed E-state index contributed by atoms with van der Waals surface area (Å²) in [7, 11) is -2.89. The molecule has 0 spiro atoms. The van der Waals surface area contributed by atoms with E-state index in [1.165, 1.54) is 0 Å². The molecular weight excluding hydrogens is 428 g/mol. The van der Waals surface area contributed by atoms with E-state index in [4.69, 9.17) is 4.98 Å². The highest BCUT2D eigenvalue weighted by molar-refractivity contribution is 7.91. The Morgan fingerprint density at radius 2 is 1.72 bits per heavy atom. The number of aliphatic hydroxyl groups is 1. The number of rotatable bonds is 5. The molecule has 0 unspecified atom stereocenters. The molecule has 10 heteroatoms. The van der Waals surface area contributed by atoms with Crippen LogP contribution in [-0.2, 0) is 9.84 Å². The van der Waals surface area contributed by atoms with Gasteiger partial charge < -0.3 is 25.2 Å². The minimum absolute atomic E-state index is 0.204. The molecule has 0 radical (unpaired) electrons. The first-order valence-corrected chi connectivity index (χ1v) is 12.9. The first-order chi connectivity index (χ1) is 15.5. The lowest BCUT2D eigenvalue weighted by Gasteiger charge is -2.32. The second-order valence-electron chi connectivity index (χ2n) is 8.53. The number of H-pyrrole nitrogens is 1. The van der Waals surface area contributed by atoms with Gasteiger partial charge in [-0.2, -0.15) is 9.97 Å². The van der Waals surface area contributed by atoms with Gasteiger partial charge in [0.25, 0.3) is 0 Å². The largest absolute Gasteiger partial charge is 0.396 e. The average Bonchev–Trinajstić information content (AvgIpc) is 3.28. The summed E-state index contributed by atoms with van der Waals surface area (Å²) in [4.78, 5) is 17.0. The predicted molar refractivity (Wildman–Crippen MR) is 127 cm³/mol. The zero-order valence-corrected chi connectivity index (χ0v) is 18.7. The van der Waals surface area contributed by atoms with Crippen LogP contribution in [0.4, 0.5) is 23.1 Å². The summed E-state index contributed by atoms with van der Waals surface area (Å²) >= 11 is 0. The van der Waals surface area contributed by atoms with E-state index >= 15 is 0 Å². The van der Waals surface area contributed by atoms with Crippen molar-refractivity contribution >= 4 is 44.0 Å². The van der Waals surface area contributed by atoms with Crippen LogP contribution in [0.25, 0.3) is 11.0 Å². The third kappa shape index (κ3) is 4.37. The average molecular weight is 457 g/mol. The Hall–Kier alpha value is -2.85. The molecule has 5 rings (SSSR count). The first-order valence-electron chi connectivity index (χ1n) is 11.0. The molecule has 2 saturated heterocycles. The lowest BCUT2D eigenvalue weighted by Crippen LogP contribution is -2.40. The van der Waals surface area contributed by atoms with E-state index in [9.17, 15) is 13.5 Å². The van der Waals surface area contributed by atoms with Crippen LogP contribution in [0.1, 0.15) is 12.8 Å². The highest BCUT2D eigenvalue weighted by atomic mass is 32.2. The van der Waals surface area contributed by atoms with Crippen molar-refractivity contribution in [1.29, 1.82) is 0 Å². The highest BCUT2D eigenvalue weighted by Gasteiger charge is 2.23. The van der Waals surface area contributed by atoms with E-state index in [1.807, 2.05) is 36.5 Å². The number of nitrogens with zero attached hydrogens (tertiary/aromatic N) is 4. The summed E-state index contributed by atoms with van der Waals surface area (Å²) in [5.41, 5.74) is 2.67. The summed E-state index contributed by atoms with van der Waals surface area (Å²) in [6, 6.07) is 9.92. The van der Waals surface area contributed by atoms with Gasteiger partial charge in [0.15, 0.2) is 9.84 Å². The van der Waals surface area contributed by atoms with Crippen molar-refractivity contribution in [3.63, 3.8) is 0 Å². The zero-order chi connectivity index (χ0) is 22.1. The molecule has 170 valence electrons. The van der Waals surface area contributed by atoms with Crippen molar-refractivity contribution in [1.82, 2.24) is 15.0 Å². The van der Waals surface area contributed by atoms with Crippen molar-refractivity contribution in [3.8, 4) is 0 Å². The van der Waals surface area contributed by atoms with E-state index in [-0.39, 0.29) is 18.1 Å². The molecule has 1 aromatic carbocycles. The van der Waals surface area contributed by atoms with E-state index in [2.05, 4.69) is 25.1 Å². The molecule has 2 aromatic heterocycles. The molecule has 0 atom stereocenters. The fraction of sp³-hybridized carbons (Fsp3) is 0.455. The summed E-state index contributed by atoms with van der Waals surface area (Å²) in [5.74, 6) is 2.20. The Bertz CT molecular complexity index is 1170. The Morgan fingerprint density at radius 1 is 1.00 bits per heavy atom. The highest BCUT2D eigenvalue weighted by Crippen LogP contribution is 2.30. The lowest BCUT2D eigenvalue weighted by atomic mass is 9.98. The Balaban J connectivity index is 1.33. The monoisotopic (exact) mass is 456 g/mol. The fourth-order valence-electron chi connectivity index (χ4n) is 4.40. The maximum absolute atomic E-state index is 11.7. The smallest absolute Gasteiger partial charge is 0.231 e. The van der Waals surface area contributed by atoms with E-state index in [0.717, 1.165) is 54.2 Å². The van der Waals surface area contributed by atoms with Crippen LogP contribution < -0.4 is 15.1 Å². The molecule has 0 saturated carbocycles. The number of benzene rings is 1. The molecule has 0 bridgehead atoms. The second-order valence-corrected chi connectivity index (χ2v) is 10.8. The van der Waals surface area contributed by atoms with Crippen LogP contribution >= 0.6 is 0 Å². The van der Waals surface area contributed by atoms with Gasteiger partial charge in [-0.15, -0.1) is 0 Å². The van der Waals surface area contributed by atoms with Crippen molar-refractivity contribution in [3.05, 3.63) is 36.5 Å². The maximum atomic E-state index is 11.7. The third-order valence-corrected chi connectivity index (χ3v) is 8.01.